The number of fused-ring (bicyclic) bond motifs is 1. The van der Waals surface area contributed by atoms with E-state index in [1.54, 1.807) is 34.7 Å². The van der Waals surface area contributed by atoms with Crippen molar-refractivity contribution in [3.05, 3.63) is 27.2 Å². The molecule has 0 spiro atoms. The molecule has 2 N–H and O–H groups in total. The molecule has 2 heterocycles. The van der Waals surface area contributed by atoms with Crippen molar-refractivity contribution in [3.63, 3.8) is 0 Å². The Morgan fingerprint density at radius 2 is 1.86 bits per heavy atom. The van der Waals surface area contributed by atoms with Gasteiger partial charge < -0.3 is 19.4 Å². The summed E-state index contributed by atoms with van der Waals surface area (Å²) in [6, 6.07) is 0. The zero-order chi connectivity index (χ0) is 16.8. The fourth-order valence-corrected chi connectivity index (χ4v) is 2.64. The summed E-state index contributed by atoms with van der Waals surface area (Å²) in [5, 5.41) is 18.8. The lowest BCUT2D eigenvalue weighted by atomic mass is 9.76. The molecule has 22 heavy (non-hydrogen) atoms. The van der Waals surface area contributed by atoms with Crippen LogP contribution in [0.1, 0.15) is 37.6 Å². The van der Waals surface area contributed by atoms with Crippen molar-refractivity contribution < 1.29 is 19.6 Å². The van der Waals surface area contributed by atoms with Crippen molar-refractivity contribution in [2.75, 3.05) is 0 Å². The van der Waals surface area contributed by atoms with Crippen LogP contribution in [0.15, 0.2) is 4.79 Å². The molecule has 0 saturated heterocycles. The average Bonchev–Trinajstić information content (AvgIpc) is 2.79. The Kier molecular flexibility index (Phi) is 4.10. The Hall–Kier alpha value is -1.80. The van der Waals surface area contributed by atoms with Crippen molar-refractivity contribution in [3.8, 4) is 0 Å². The van der Waals surface area contributed by atoms with Gasteiger partial charge in [0.15, 0.2) is 0 Å². The third-order valence-corrected chi connectivity index (χ3v) is 3.74. The zero-order valence-corrected chi connectivity index (χ0v) is 13.5. The van der Waals surface area contributed by atoms with E-state index in [4.69, 9.17) is 4.74 Å². The van der Waals surface area contributed by atoms with Gasteiger partial charge in [0.1, 0.15) is 5.60 Å². The summed E-state index contributed by atoms with van der Waals surface area (Å²) in [5.41, 5.74) is 0.858. The normalized spacial score (nSPS) is 14.0. The molecule has 120 valence electrons. The quantitative estimate of drug-likeness (QED) is 0.690. The van der Waals surface area contributed by atoms with Crippen molar-refractivity contribution in [2.24, 2.45) is 7.05 Å². The minimum Gasteiger partial charge on any atom is -0.444 e. The van der Waals surface area contributed by atoms with Crippen molar-refractivity contribution >= 4 is 18.7 Å². The first-order chi connectivity index (χ1) is 10.0. The van der Waals surface area contributed by atoms with E-state index in [-0.39, 0.29) is 18.6 Å². The van der Waals surface area contributed by atoms with E-state index in [9.17, 15) is 19.6 Å². The Morgan fingerprint density at radius 3 is 2.36 bits per heavy atom. The summed E-state index contributed by atoms with van der Waals surface area (Å²) in [6.45, 7) is 7.57. The van der Waals surface area contributed by atoms with Gasteiger partial charge in [-0.05, 0) is 38.8 Å². The van der Waals surface area contributed by atoms with E-state index in [1.165, 1.54) is 9.47 Å². The number of nitrogens with zero attached hydrogens (tertiary/aromatic N) is 2. The topological polar surface area (TPSA) is 92.0 Å². The first-order valence-electron chi connectivity index (χ1n) is 7.08. The predicted molar refractivity (Wildman–Crippen MR) is 81.7 cm³/mol. The molecule has 1 aliphatic heterocycles. The van der Waals surface area contributed by atoms with Gasteiger partial charge in [0.2, 0.25) is 0 Å². The van der Waals surface area contributed by atoms with Crippen LogP contribution in [0.25, 0.3) is 0 Å². The highest BCUT2D eigenvalue weighted by molar-refractivity contribution is 6.59. The molecule has 1 aromatic heterocycles. The predicted octanol–water partition coefficient (Wildman–Crippen LogP) is -0.376. The number of hydrogen-bond acceptors (Lipinski definition) is 5. The summed E-state index contributed by atoms with van der Waals surface area (Å²) in [6.07, 6.45) is -0.457. The maximum absolute atomic E-state index is 12.2. The number of ether oxygens (including phenoxy) is 1. The molecular formula is C14H21BN2O5. The fourth-order valence-electron chi connectivity index (χ4n) is 2.64. The van der Waals surface area contributed by atoms with Crippen molar-refractivity contribution in [1.82, 2.24) is 9.47 Å². The number of pyridine rings is 1. The minimum atomic E-state index is -1.83. The van der Waals surface area contributed by atoms with Crippen LogP contribution in [0.4, 0.5) is 4.79 Å². The second-order valence-electron chi connectivity index (χ2n) is 6.54. The van der Waals surface area contributed by atoms with E-state index in [1.807, 2.05) is 0 Å². The van der Waals surface area contributed by atoms with Gasteiger partial charge in [0.05, 0.1) is 18.6 Å². The Balaban J connectivity index is 2.40. The van der Waals surface area contributed by atoms with Crippen LogP contribution in [-0.2, 0) is 24.9 Å². The lowest BCUT2D eigenvalue weighted by Crippen LogP contribution is -2.48. The molecule has 8 heteroatoms. The lowest BCUT2D eigenvalue weighted by molar-refractivity contribution is 0.0239. The second-order valence-corrected chi connectivity index (χ2v) is 6.54. The Morgan fingerprint density at radius 1 is 1.27 bits per heavy atom. The van der Waals surface area contributed by atoms with Gasteiger partial charge in [-0.25, -0.2) is 4.79 Å². The van der Waals surface area contributed by atoms with Gasteiger partial charge in [-0.3, -0.25) is 9.69 Å². The highest BCUT2D eigenvalue weighted by atomic mass is 16.6. The van der Waals surface area contributed by atoms with E-state index in [2.05, 4.69) is 0 Å². The summed E-state index contributed by atoms with van der Waals surface area (Å²) in [7, 11) is -0.273. The molecule has 7 nitrogen and oxygen atoms in total. The van der Waals surface area contributed by atoms with E-state index in [0.717, 1.165) is 5.56 Å². The largest absolute Gasteiger partial charge is 0.494 e. The molecule has 0 bridgehead atoms. The molecule has 1 amide bonds. The number of rotatable bonds is 1. The van der Waals surface area contributed by atoms with Crippen LogP contribution in [0.5, 0.6) is 0 Å². The molecule has 0 saturated carbocycles. The average molecular weight is 308 g/mol. The highest BCUT2D eigenvalue weighted by Crippen LogP contribution is 2.25. The molecule has 0 unspecified atom stereocenters. The van der Waals surface area contributed by atoms with Gasteiger partial charge in [-0.2, -0.15) is 0 Å². The molecule has 0 atom stereocenters. The van der Waals surface area contributed by atoms with Gasteiger partial charge >= 0.3 is 13.2 Å². The second kappa shape index (κ2) is 5.44. The standard InChI is InChI=1S/C14H21BN2O5/c1-8-9-6-17(13(19)22-14(2,3)4)7-10(9)16(5)12(18)11(8)15(20)21/h20-21H,6-7H2,1-5H3. The summed E-state index contributed by atoms with van der Waals surface area (Å²) < 4.78 is 6.70. The molecule has 2 rings (SSSR count). The number of amides is 1. The van der Waals surface area contributed by atoms with Crippen LogP contribution < -0.4 is 11.0 Å². The Bertz CT molecular complexity index is 675. The summed E-state index contributed by atoms with van der Waals surface area (Å²) >= 11 is 0. The third-order valence-electron chi connectivity index (χ3n) is 3.74. The zero-order valence-electron chi connectivity index (χ0n) is 13.5. The molecule has 0 radical (unpaired) electrons. The van der Waals surface area contributed by atoms with Crippen LogP contribution in [0.2, 0.25) is 0 Å². The van der Waals surface area contributed by atoms with Crippen molar-refractivity contribution in [2.45, 2.75) is 46.4 Å². The monoisotopic (exact) mass is 308 g/mol. The fraction of sp³-hybridized carbons (Fsp3) is 0.571. The first kappa shape index (κ1) is 16.6. The highest BCUT2D eigenvalue weighted by Gasteiger charge is 2.33. The molecule has 0 aromatic carbocycles. The summed E-state index contributed by atoms with van der Waals surface area (Å²) in [5.74, 6) is 0. The number of hydrogen-bond donors (Lipinski definition) is 2. The lowest BCUT2D eigenvalue weighted by Gasteiger charge is -2.24. The number of carbonyl (C=O) groups excluding carboxylic acids is 1. The maximum Gasteiger partial charge on any atom is 0.494 e. The maximum atomic E-state index is 12.2. The van der Waals surface area contributed by atoms with Crippen LogP contribution in [0, 0.1) is 6.92 Å². The first-order valence-corrected chi connectivity index (χ1v) is 7.08. The van der Waals surface area contributed by atoms with Crippen LogP contribution in [0.3, 0.4) is 0 Å². The van der Waals surface area contributed by atoms with Gasteiger partial charge in [0.25, 0.3) is 5.56 Å². The third kappa shape index (κ3) is 2.89. The number of aromatic nitrogens is 1. The van der Waals surface area contributed by atoms with E-state index >= 15 is 0 Å². The minimum absolute atomic E-state index is 0.0488. The Labute approximate surface area is 129 Å². The van der Waals surface area contributed by atoms with Gasteiger partial charge in [-0.1, -0.05) is 0 Å². The van der Waals surface area contributed by atoms with Crippen LogP contribution in [-0.4, -0.2) is 38.3 Å². The van der Waals surface area contributed by atoms with Gasteiger partial charge in [-0.15, -0.1) is 0 Å². The molecule has 0 fully saturated rings. The van der Waals surface area contributed by atoms with Gasteiger partial charge in [0, 0.05) is 12.7 Å². The van der Waals surface area contributed by atoms with E-state index in [0.29, 0.717) is 11.3 Å². The molecule has 1 aliphatic rings. The molecule has 0 aliphatic carbocycles. The molecular weight excluding hydrogens is 287 g/mol. The molecule has 1 aromatic rings. The van der Waals surface area contributed by atoms with Crippen LogP contribution >= 0.6 is 0 Å². The number of carbonyl (C=O) groups is 1. The van der Waals surface area contributed by atoms with E-state index < -0.39 is 24.4 Å². The summed E-state index contributed by atoms with van der Waals surface area (Å²) in [4.78, 5) is 25.9. The van der Waals surface area contributed by atoms with Crippen molar-refractivity contribution in [1.29, 1.82) is 0 Å². The SMILES string of the molecule is Cc1c2c(n(C)c(=O)c1B(O)O)CN(C(=O)OC(C)(C)C)C2. The smallest absolute Gasteiger partial charge is 0.444 e.